The molecule has 0 aromatic carbocycles. The number of carbonyl (C=O) groups excluding carboxylic acids is 1. The van der Waals surface area contributed by atoms with Crippen LogP contribution >= 0.6 is 0 Å². The molecule has 18 heavy (non-hydrogen) atoms. The number of likely N-dealkylation sites (N-methyl/N-ethyl adjacent to an activating group) is 1. The third-order valence-corrected chi connectivity index (χ3v) is 4.30. The van der Waals surface area contributed by atoms with Gasteiger partial charge in [-0.25, -0.2) is 0 Å². The van der Waals surface area contributed by atoms with Gasteiger partial charge in [0, 0.05) is 18.0 Å². The lowest BCUT2D eigenvalue weighted by molar-refractivity contribution is 0.0513. The smallest absolute Gasteiger partial charge is 0.184 e. The van der Waals surface area contributed by atoms with Gasteiger partial charge < -0.3 is 0 Å². The molecule has 98 valence electrons. The Kier molecular flexibility index (Phi) is 3.81. The van der Waals surface area contributed by atoms with Crippen LogP contribution in [0.2, 0.25) is 0 Å². The van der Waals surface area contributed by atoms with Crippen LogP contribution in [0.5, 0.6) is 0 Å². The van der Waals surface area contributed by atoms with Crippen molar-refractivity contribution >= 4 is 5.78 Å². The molecule has 0 unspecified atom stereocenters. The van der Waals surface area contributed by atoms with E-state index < -0.39 is 0 Å². The number of hydrogen-bond acceptors (Lipinski definition) is 3. The molecule has 0 radical (unpaired) electrons. The van der Waals surface area contributed by atoms with Crippen LogP contribution in [0.25, 0.3) is 0 Å². The quantitative estimate of drug-likeness (QED) is 0.769. The molecule has 0 spiro atoms. The number of nitrogens with zero attached hydrogens (tertiary/aromatic N) is 2. The monoisotopic (exact) mass is 246 g/mol. The molecule has 0 N–H and O–H groups in total. The zero-order chi connectivity index (χ0) is 13.2. The number of hydrogen-bond donors (Lipinski definition) is 0. The van der Waals surface area contributed by atoms with Gasteiger partial charge >= 0.3 is 0 Å². The number of ketones is 1. The summed E-state index contributed by atoms with van der Waals surface area (Å²) in [7, 11) is 4.04. The molecule has 0 saturated heterocycles. The highest BCUT2D eigenvalue weighted by molar-refractivity contribution is 6.03. The average Bonchev–Trinajstić information content (AvgIpc) is 2.40. The van der Waals surface area contributed by atoms with E-state index in [0.29, 0.717) is 0 Å². The molecule has 3 heteroatoms. The third-order valence-electron chi connectivity index (χ3n) is 4.30. The second-order valence-electron chi connectivity index (χ2n) is 5.68. The van der Waals surface area contributed by atoms with E-state index in [4.69, 9.17) is 0 Å². The molecule has 0 atom stereocenters. The van der Waals surface area contributed by atoms with Gasteiger partial charge in [0.1, 0.15) is 0 Å². The number of rotatable bonds is 3. The highest BCUT2D eigenvalue weighted by atomic mass is 16.1. The van der Waals surface area contributed by atoms with E-state index in [0.717, 1.165) is 37.2 Å². The lowest BCUT2D eigenvalue weighted by atomic mass is 9.72. The van der Waals surface area contributed by atoms with Crippen molar-refractivity contribution < 1.29 is 4.79 Å². The maximum atomic E-state index is 12.8. The first-order valence-electron chi connectivity index (χ1n) is 6.68. The van der Waals surface area contributed by atoms with Crippen molar-refractivity contribution in [3.63, 3.8) is 0 Å². The fraction of sp³-hybridized carbons (Fsp3) is 0.600. The molecule has 1 aromatic heterocycles. The van der Waals surface area contributed by atoms with Crippen LogP contribution in [-0.2, 0) is 0 Å². The van der Waals surface area contributed by atoms with Crippen LogP contribution in [-0.4, -0.2) is 35.3 Å². The molecule has 1 saturated carbocycles. The van der Waals surface area contributed by atoms with Crippen LogP contribution < -0.4 is 0 Å². The molecule has 0 amide bonds. The first-order chi connectivity index (χ1) is 8.56. The molecular formula is C15H22N2O. The Labute approximate surface area is 109 Å². The van der Waals surface area contributed by atoms with Gasteiger partial charge in [-0.05, 0) is 57.8 Å². The summed E-state index contributed by atoms with van der Waals surface area (Å²) >= 11 is 0. The van der Waals surface area contributed by atoms with Crippen LogP contribution in [0, 0.1) is 5.92 Å². The molecule has 3 nitrogen and oxygen atoms in total. The van der Waals surface area contributed by atoms with E-state index >= 15 is 0 Å². The normalized spacial score (nSPS) is 28.3. The highest BCUT2D eigenvalue weighted by Gasteiger charge is 2.43. The zero-order valence-electron chi connectivity index (χ0n) is 11.5. The largest absolute Gasteiger partial charge is 0.297 e. The second kappa shape index (κ2) is 5.19. The molecule has 2 rings (SSSR count). The first-order valence-corrected chi connectivity index (χ1v) is 6.68. The minimum Gasteiger partial charge on any atom is -0.297 e. The van der Waals surface area contributed by atoms with Gasteiger partial charge in [0.15, 0.2) is 5.78 Å². The maximum Gasteiger partial charge on any atom is 0.184 e. The highest BCUT2D eigenvalue weighted by Crippen LogP contribution is 2.37. The SMILES string of the molecule is CC1CCC(C(=O)c2cccnc2)(N(C)C)CC1. The fourth-order valence-electron chi connectivity index (χ4n) is 2.88. The Morgan fingerprint density at radius 3 is 2.56 bits per heavy atom. The van der Waals surface area contributed by atoms with E-state index in [2.05, 4.69) is 16.8 Å². The van der Waals surface area contributed by atoms with Crippen molar-refractivity contribution in [1.82, 2.24) is 9.88 Å². The third kappa shape index (κ3) is 2.32. The summed E-state index contributed by atoms with van der Waals surface area (Å²) in [5.74, 6) is 0.965. The lowest BCUT2D eigenvalue weighted by Gasteiger charge is -2.43. The van der Waals surface area contributed by atoms with Crippen molar-refractivity contribution in [3.8, 4) is 0 Å². The summed E-state index contributed by atoms with van der Waals surface area (Å²) < 4.78 is 0. The fourth-order valence-corrected chi connectivity index (χ4v) is 2.88. The predicted octanol–water partition coefficient (Wildman–Crippen LogP) is 2.77. The Bertz CT molecular complexity index is 406. The maximum absolute atomic E-state index is 12.8. The van der Waals surface area contributed by atoms with Crippen molar-refractivity contribution in [3.05, 3.63) is 30.1 Å². The van der Waals surface area contributed by atoms with Crippen molar-refractivity contribution in [1.29, 1.82) is 0 Å². The van der Waals surface area contributed by atoms with Gasteiger partial charge in [-0.3, -0.25) is 14.7 Å². The summed E-state index contributed by atoms with van der Waals surface area (Å²) in [5.41, 5.74) is 0.413. The summed E-state index contributed by atoms with van der Waals surface area (Å²) in [5, 5.41) is 0. The van der Waals surface area contributed by atoms with Crippen LogP contribution in [0.3, 0.4) is 0 Å². The summed E-state index contributed by atoms with van der Waals surface area (Å²) in [6.07, 6.45) is 7.56. The van der Waals surface area contributed by atoms with Crippen molar-refractivity contribution in [2.24, 2.45) is 5.92 Å². The molecular weight excluding hydrogens is 224 g/mol. The second-order valence-corrected chi connectivity index (χ2v) is 5.68. The Morgan fingerprint density at radius 1 is 1.39 bits per heavy atom. The van der Waals surface area contributed by atoms with Gasteiger partial charge in [0.25, 0.3) is 0 Å². The van der Waals surface area contributed by atoms with E-state index in [-0.39, 0.29) is 11.3 Å². The average molecular weight is 246 g/mol. The topological polar surface area (TPSA) is 33.2 Å². The van der Waals surface area contributed by atoms with Gasteiger partial charge in [-0.1, -0.05) is 6.92 Å². The van der Waals surface area contributed by atoms with Crippen LogP contribution in [0.1, 0.15) is 43.0 Å². The molecule has 1 aliphatic carbocycles. The van der Waals surface area contributed by atoms with Crippen LogP contribution in [0.15, 0.2) is 24.5 Å². The lowest BCUT2D eigenvalue weighted by Crippen LogP contribution is -2.53. The molecule has 1 aromatic rings. The number of aromatic nitrogens is 1. The van der Waals surface area contributed by atoms with Crippen LogP contribution in [0.4, 0.5) is 0 Å². The van der Waals surface area contributed by atoms with Gasteiger partial charge in [0.2, 0.25) is 0 Å². The number of Topliss-reactive ketones (excluding diaryl/α,β-unsaturated/α-hetero) is 1. The molecule has 0 bridgehead atoms. The van der Waals surface area contributed by atoms with Gasteiger partial charge in [-0.2, -0.15) is 0 Å². The zero-order valence-corrected chi connectivity index (χ0v) is 11.5. The number of pyridine rings is 1. The molecule has 1 heterocycles. The summed E-state index contributed by atoms with van der Waals surface area (Å²) in [4.78, 5) is 19.0. The summed E-state index contributed by atoms with van der Waals surface area (Å²) in [6, 6.07) is 3.71. The molecule has 1 aliphatic rings. The Balaban J connectivity index is 2.29. The minimum atomic E-state index is -0.324. The molecule has 1 fully saturated rings. The van der Waals surface area contributed by atoms with Crippen molar-refractivity contribution in [2.45, 2.75) is 38.1 Å². The van der Waals surface area contributed by atoms with E-state index in [1.807, 2.05) is 26.2 Å². The Morgan fingerprint density at radius 2 is 2.06 bits per heavy atom. The standard InChI is InChI=1S/C15H22N2O/c1-12-6-8-15(9-7-12,17(2)3)14(18)13-5-4-10-16-11-13/h4-5,10-12H,6-9H2,1-3H3. The van der Waals surface area contributed by atoms with E-state index in [9.17, 15) is 4.79 Å². The summed E-state index contributed by atoms with van der Waals surface area (Å²) in [6.45, 7) is 2.27. The van der Waals surface area contributed by atoms with E-state index in [1.165, 1.54) is 0 Å². The Hall–Kier alpha value is -1.22. The van der Waals surface area contributed by atoms with Gasteiger partial charge in [0.05, 0.1) is 5.54 Å². The predicted molar refractivity (Wildman–Crippen MR) is 72.6 cm³/mol. The van der Waals surface area contributed by atoms with Gasteiger partial charge in [-0.15, -0.1) is 0 Å². The van der Waals surface area contributed by atoms with E-state index in [1.54, 1.807) is 12.4 Å². The van der Waals surface area contributed by atoms with Crippen molar-refractivity contribution in [2.75, 3.05) is 14.1 Å². The number of carbonyl (C=O) groups is 1. The minimum absolute atomic E-state index is 0.229. The first kappa shape index (κ1) is 13.2. The molecule has 0 aliphatic heterocycles.